The second-order valence-corrected chi connectivity index (χ2v) is 5.99. The van der Waals surface area contributed by atoms with Gasteiger partial charge in [-0.3, -0.25) is 0 Å². The number of amides is 2. The highest BCUT2D eigenvalue weighted by molar-refractivity contribution is 5.74. The number of rotatable bonds is 4. The Morgan fingerprint density at radius 1 is 1.22 bits per heavy atom. The fraction of sp³-hybridized carbons (Fsp3) is 0.471. The predicted octanol–water partition coefficient (Wildman–Crippen LogP) is 2.79. The van der Waals surface area contributed by atoms with Crippen LogP contribution < -0.4 is 10.6 Å². The van der Waals surface area contributed by atoms with Crippen LogP contribution in [0.4, 0.5) is 4.79 Å². The van der Waals surface area contributed by atoms with E-state index < -0.39 is 0 Å². The van der Waals surface area contributed by atoms with Crippen LogP contribution in [0.1, 0.15) is 44.1 Å². The summed E-state index contributed by atoms with van der Waals surface area (Å²) in [5.74, 6) is 0.749. The van der Waals surface area contributed by atoms with Gasteiger partial charge in [0, 0.05) is 31.2 Å². The zero-order valence-electron chi connectivity index (χ0n) is 13.2. The largest absolute Gasteiger partial charge is 0.335 e. The monoisotopic (exact) mass is 313 g/mol. The van der Waals surface area contributed by atoms with E-state index in [1.165, 1.54) is 25.7 Å². The van der Waals surface area contributed by atoms with Crippen LogP contribution >= 0.6 is 0 Å². The molecule has 1 aliphatic rings. The third kappa shape index (κ3) is 4.55. The van der Waals surface area contributed by atoms with Gasteiger partial charge in [-0.1, -0.05) is 25.7 Å². The predicted molar refractivity (Wildman–Crippen MR) is 88.2 cm³/mol. The molecule has 2 amide bonds. The molecule has 0 radical (unpaired) electrons. The molecule has 122 valence electrons. The number of nitrogens with zero attached hydrogens (tertiary/aromatic N) is 3. The molecule has 23 heavy (non-hydrogen) atoms. The van der Waals surface area contributed by atoms with Gasteiger partial charge in [-0.25, -0.2) is 14.5 Å². The Morgan fingerprint density at radius 3 is 2.78 bits per heavy atom. The first-order valence-electron chi connectivity index (χ1n) is 8.30. The van der Waals surface area contributed by atoms with Gasteiger partial charge in [0.05, 0.1) is 0 Å². The highest BCUT2D eigenvalue weighted by atomic mass is 16.2. The minimum absolute atomic E-state index is 0.0886. The molecular formula is C17H23N5O. The molecule has 1 fully saturated rings. The molecule has 2 N–H and O–H groups in total. The summed E-state index contributed by atoms with van der Waals surface area (Å²) in [6, 6.07) is 5.91. The number of pyridine rings is 1. The van der Waals surface area contributed by atoms with Crippen LogP contribution in [0.2, 0.25) is 0 Å². The van der Waals surface area contributed by atoms with Crippen molar-refractivity contribution < 1.29 is 4.79 Å². The molecule has 2 aromatic heterocycles. The van der Waals surface area contributed by atoms with Crippen molar-refractivity contribution in [2.24, 2.45) is 0 Å². The normalized spacial score (nSPS) is 15.8. The van der Waals surface area contributed by atoms with Crippen LogP contribution in [-0.2, 0) is 6.54 Å². The van der Waals surface area contributed by atoms with Crippen molar-refractivity contribution in [3.05, 3.63) is 42.4 Å². The number of hydrogen-bond acceptors (Lipinski definition) is 3. The molecule has 6 heteroatoms. The quantitative estimate of drug-likeness (QED) is 0.853. The lowest BCUT2D eigenvalue weighted by molar-refractivity contribution is 0.235. The highest BCUT2D eigenvalue weighted by Crippen LogP contribution is 2.17. The average Bonchev–Trinajstić information content (AvgIpc) is 2.99. The van der Waals surface area contributed by atoms with Crippen LogP contribution in [0, 0.1) is 0 Å². The van der Waals surface area contributed by atoms with Crippen LogP contribution in [-0.4, -0.2) is 26.8 Å². The van der Waals surface area contributed by atoms with Crippen molar-refractivity contribution in [1.82, 2.24) is 25.4 Å². The van der Waals surface area contributed by atoms with E-state index in [1.807, 2.05) is 24.4 Å². The summed E-state index contributed by atoms with van der Waals surface area (Å²) in [6.07, 6.45) is 12.5. The Balaban J connectivity index is 1.51. The average molecular weight is 313 g/mol. The Bertz CT molecular complexity index is 618. The van der Waals surface area contributed by atoms with E-state index in [0.717, 1.165) is 24.2 Å². The van der Waals surface area contributed by atoms with Crippen LogP contribution in [0.5, 0.6) is 0 Å². The molecule has 0 aromatic carbocycles. The van der Waals surface area contributed by atoms with E-state index in [9.17, 15) is 4.79 Å². The van der Waals surface area contributed by atoms with Crippen molar-refractivity contribution in [3.63, 3.8) is 0 Å². The molecule has 1 aliphatic carbocycles. The number of carbonyl (C=O) groups excluding carboxylic acids is 1. The van der Waals surface area contributed by atoms with E-state index in [1.54, 1.807) is 17.1 Å². The van der Waals surface area contributed by atoms with E-state index in [-0.39, 0.29) is 6.03 Å². The fourth-order valence-corrected chi connectivity index (χ4v) is 2.94. The summed E-state index contributed by atoms with van der Waals surface area (Å²) in [5, 5.41) is 10.2. The van der Waals surface area contributed by atoms with Gasteiger partial charge in [-0.2, -0.15) is 5.10 Å². The minimum atomic E-state index is -0.0886. The van der Waals surface area contributed by atoms with Gasteiger partial charge < -0.3 is 10.6 Å². The first kappa shape index (κ1) is 15.5. The van der Waals surface area contributed by atoms with Crippen LogP contribution in [0.15, 0.2) is 36.8 Å². The molecule has 0 spiro atoms. The number of hydrogen-bond donors (Lipinski definition) is 2. The molecule has 0 aliphatic heterocycles. The van der Waals surface area contributed by atoms with Crippen LogP contribution in [0.25, 0.3) is 5.82 Å². The smallest absolute Gasteiger partial charge is 0.315 e. The molecule has 0 saturated heterocycles. The maximum absolute atomic E-state index is 12.1. The second-order valence-electron chi connectivity index (χ2n) is 5.99. The Morgan fingerprint density at radius 2 is 2.04 bits per heavy atom. The maximum Gasteiger partial charge on any atom is 0.315 e. The van der Waals surface area contributed by atoms with E-state index in [0.29, 0.717) is 12.6 Å². The molecule has 0 atom stereocenters. The number of carbonyl (C=O) groups is 1. The van der Waals surface area contributed by atoms with Gasteiger partial charge in [0.15, 0.2) is 5.82 Å². The molecule has 1 saturated carbocycles. The summed E-state index contributed by atoms with van der Waals surface area (Å²) < 4.78 is 1.70. The molecule has 6 nitrogen and oxygen atoms in total. The van der Waals surface area contributed by atoms with Gasteiger partial charge >= 0.3 is 6.03 Å². The molecule has 0 unspecified atom stereocenters. The third-order valence-corrected chi connectivity index (χ3v) is 4.19. The number of nitrogens with one attached hydrogen (secondary N) is 2. The third-order valence-electron chi connectivity index (χ3n) is 4.19. The Kier molecular flexibility index (Phi) is 5.24. The standard InChI is InChI=1S/C17H23N5O/c23-17(21-15-6-3-1-2-4-7-15)19-13-14-8-10-18-16(12-14)22-11-5-9-20-22/h5,8-12,15H,1-4,6-7,13H2,(H2,19,21,23). The minimum Gasteiger partial charge on any atom is -0.335 e. The molecule has 3 rings (SSSR count). The second kappa shape index (κ2) is 7.76. The van der Waals surface area contributed by atoms with E-state index >= 15 is 0 Å². The summed E-state index contributed by atoms with van der Waals surface area (Å²) in [4.78, 5) is 16.3. The van der Waals surface area contributed by atoms with Crippen molar-refractivity contribution >= 4 is 6.03 Å². The topological polar surface area (TPSA) is 71.8 Å². The first-order valence-corrected chi connectivity index (χ1v) is 8.30. The SMILES string of the molecule is O=C(NCc1ccnc(-n2cccn2)c1)NC1CCCCCC1. The summed E-state index contributed by atoms with van der Waals surface area (Å²) >= 11 is 0. The van der Waals surface area contributed by atoms with Crippen molar-refractivity contribution in [3.8, 4) is 5.82 Å². The zero-order valence-corrected chi connectivity index (χ0v) is 13.2. The van der Waals surface area contributed by atoms with Gasteiger partial charge in [0.1, 0.15) is 0 Å². The lowest BCUT2D eigenvalue weighted by Crippen LogP contribution is -2.41. The van der Waals surface area contributed by atoms with Crippen LogP contribution in [0.3, 0.4) is 0 Å². The van der Waals surface area contributed by atoms with Gasteiger partial charge in [0.25, 0.3) is 0 Å². The van der Waals surface area contributed by atoms with E-state index in [4.69, 9.17) is 0 Å². The molecule has 2 heterocycles. The van der Waals surface area contributed by atoms with Crippen molar-refractivity contribution in [2.75, 3.05) is 0 Å². The van der Waals surface area contributed by atoms with Gasteiger partial charge in [0.2, 0.25) is 0 Å². The van der Waals surface area contributed by atoms with Crippen molar-refractivity contribution in [2.45, 2.75) is 51.1 Å². The van der Waals surface area contributed by atoms with Crippen molar-refractivity contribution in [1.29, 1.82) is 0 Å². The van der Waals surface area contributed by atoms with Gasteiger partial charge in [-0.15, -0.1) is 0 Å². The van der Waals surface area contributed by atoms with Gasteiger partial charge in [-0.05, 0) is 36.6 Å². The Labute approximate surface area is 136 Å². The summed E-state index contributed by atoms with van der Waals surface area (Å²) in [7, 11) is 0. The lowest BCUT2D eigenvalue weighted by Gasteiger charge is -2.16. The lowest BCUT2D eigenvalue weighted by atomic mass is 10.1. The maximum atomic E-state index is 12.1. The fourth-order valence-electron chi connectivity index (χ4n) is 2.94. The highest BCUT2D eigenvalue weighted by Gasteiger charge is 2.14. The zero-order chi connectivity index (χ0) is 15.9. The molecular weight excluding hydrogens is 290 g/mol. The Hall–Kier alpha value is -2.37. The summed E-state index contributed by atoms with van der Waals surface area (Å²) in [5.41, 5.74) is 1.00. The molecule has 2 aromatic rings. The van der Waals surface area contributed by atoms with E-state index in [2.05, 4.69) is 20.7 Å². The number of urea groups is 1. The molecule has 0 bridgehead atoms. The summed E-state index contributed by atoms with van der Waals surface area (Å²) in [6.45, 7) is 0.481. The number of aromatic nitrogens is 3. The first-order chi connectivity index (χ1) is 11.3.